The second-order valence-electron chi connectivity index (χ2n) is 4.08. The number of anilines is 1. The maximum absolute atomic E-state index is 11.7. The van der Waals surface area contributed by atoms with Gasteiger partial charge < -0.3 is 9.80 Å². The SMILES string of the molecule is CN(C)C(=O)CN1C=NS(=O)(=O)c2ccccc21. The van der Waals surface area contributed by atoms with Crippen molar-refractivity contribution in [2.24, 2.45) is 4.40 Å². The topological polar surface area (TPSA) is 70.1 Å². The molecule has 1 aromatic carbocycles. The standard InChI is InChI=1S/C11H13N3O3S/c1-13(2)11(15)7-14-8-12-18(16,17)10-6-4-3-5-9(10)14/h3-6,8H,7H2,1-2H3. The Hall–Kier alpha value is -1.89. The summed E-state index contributed by atoms with van der Waals surface area (Å²) in [5.74, 6) is -0.129. The highest BCUT2D eigenvalue weighted by Crippen LogP contribution is 2.28. The van der Waals surface area contributed by atoms with Gasteiger partial charge in [0.1, 0.15) is 17.8 Å². The van der Waals surface area contributed by atoms with E-state index in [-0.39, 0.29) is 17.3 Å². The number of sulfonamides is 1. The van der Waals surface area contributed by atoms with Crippen LogP contribution in [0.5, 0.6) is 0 Å². The summed E-state index contributed by atoms with van der Waals surface area (Å²) in [5.41, 5.74) is 0.475. The summed E-state index contributed by atoms with van der Waals surface area (Å²) in [5, 5.41) is 0. The molecule has 0 atom stereocenters. The number of hydrogen-bond donors (Lipinski definition) is 0. The van der Waals surface area contributed by atoms with Gasteiger partial charge in [0.25, 0.3) is 10.0 Å². The fourth-order valence-corrected chi connectivity index (χ4v) is 2.62. The van der Waals surface area contributed by atoms with Gasteiger partial charge in [0.05, 0.1) is 5.69 Å². The number of hydrogen-bond acceptors (Lipinski definition) is 4. The molecule has 0 saturated heterocycles. The predicted molar refractivity (Wildman–Crippen MR) is 68.2 cm³/mol. The van der Waals surface area contributed by atoms with E-state index in [1.54, 1.807) is 32.3 Å². The van der Waals surface area contributed by atoms with Crippen LogP contribution in [0.15, 0.2) is 33.6 Å². The zero-order valence-electron chi connectivity index (χ0n) is 10.1. The first-order valence-corrected chi connectivity index (χ1v) is 6.72. The first-order chi connectivity index (χ1) is 8.42. The summed E-state index contributed by atoms with van der Waals surface area (Å²) >= 11 is 0. The van der Waals surface area contributed by atoms with E-state index in [1.807, 2.05) is 0 Å². The molecular formula is C11H13N3O3S. The molecule has 1 aromatic rings. The molecule has 96 valence electrons. The Kier molecular flexibility index (Phi) is 3.08. The van der Waals surface area contributed by atoms with E-state index in [2.05, 4.69) is 4.40 Å². The van der Waals surface area contributed by atoms with Crippen LogP contribution in [-0.4, -0.2) is 46.2 Å². The Morgan fingerprint density at radius 1 is 1.33 bits per heavy atom. The average Bonchev–Trinajstić information content (AvgIpc) is 2.33. The Morgan fingerprint density at radius 2 is 2.00 bits per heavy atom. The number of para-hydroxylation sites is 1. The number of carbonyl (C=O) groups excluding carboxylic acids is 1. The van der Waals surface area contributed by atoms with Crippen LogP contribution in [0.1, 0.15) is 0 Å². The second kappa shape index (κ2) is 4.41. The molecular weight excluding hydrogens is 254 g/mol. The Balaban J connectivity index is 2.39. The van der Waals surface area contributed by atoms with Crippen molar-refractivity contribution in [3.05, 3.63) is 24.3 Å². The van der Waals surface area contributed by atoms with Gasteiger partial charge in [-0.05, 0) is 12.1 Å². The molecule has 0 aliphatic carbocycles. The molecule has 0 N–H and O–H groups in total. The van der Waals surface area contributed by atoms with Crippen molar-refractivity contribution in [3.63, 3.8) is 0 Å². The third kappa shape index (κ3) is 2.21. The van der Waals surface area contributed by atoms with E-state index in [4.69, 9.17) is 0 Å². The monoisotopic (exact) mass is 267 g/mol. The van der Waals surface area contributed by atoms with E-state index in [1.165, 1.54) is 22.2 Å². The lowest BCUT2D eigenvalue weighted by Crippen LogP contribution is -2.37. The van der Waals surface area contributed by atoms with E-state index < -0.39 is 10.0 Å². The average molecular weight is 267 g/mol. The molecule has 0 radical (unpaired) electrons. The number of rotatable bonds is 2. The molecule has 1 heterocycles. The van der Waals surface area contributed by atoms with Crippen LogP contribution >= 0.6 is 0 Å². The van der Waals surface area contributed by atoms with Crippen LogP contribution in [0.2, 0.25) is 0 Å². The summed E-state index contributed by atoms with van der Waals surface area (Å²) in [7, 11) is -0.338. The minimum atomic E-state index is -3.63. The Labute approximate surface area is 106 Å². The first kappa shape index (κ1) is 12.6. The summed E-state index contributed by atoms with van der Waals surface area (Å²) in [4.78, 5) is 14.7. The lowest BCUT2D eigenvalue weighted by atomic mass is 10.3. The van der Waals surface area contributed by atoms with Crippen molar-refractivity contribution in [3.8, 4) is 0 Å². The van der Waals surface area contributed by atoms with E-state index in [9.17, 15) is 13.2 Å². The van der Waals surface area contributed by atoms with Gasteiger partial charge >= 0.3 is 0 Å². The molecule has 6 nitrogen and oxygen atoms in total. The van der Waals surface area contributed by atoms with Crippen molar-refractivity contribution < 1.29 is 13.2 Å². The molecule has 1 aliphatic rings. The molecule has 0 aromatic heterocycles. The van der Waals surface area contributed by atoms with E-state index in [0.717, 1.165) is 0 Å². The van der Waals surface area contributed by atoms with Crippen LogP contribution in [0.3, 0.4) is 0 Å². The number of likely N-dealkylation sites (N-methyl/N-ethyl adjacent to an activating group) is 1. The molecule has 0 spiro atoms. The minimum Gasteiger partial charge on any atom is -0.347 e. The number of benzene rings is 1. The van der Waals surface area contributed by atoms with Gasteiger partial charge in [0.15, 0.2) is 0 Å². The fraction of sp³-hybridized carbons (Fsp3) is 0.273. The quantitative estimate of drug-likeness (QED) is 0.773. The molecule has 1 aliphatic heterocycles. The van der Waals surface area contributed by atoms with Crippen molar-refractivity contribution in [1.29, 1.82) is 0 Å². The fourth-order valence-electron chi connectivity index (χ4n) is 1.56. The molecule has 0 saturated carbocycles. The number of fused-ring (bicyclic) bond motifs is 1. The molecule has 0 fully saturated rings. The number of nitrogens with zero attached hydrogens (tertiary/aromatic N) is 3. The molecule has 7 heteroatoms. The zero-order valence-corrected chi connectivity index (χ0v) is 10.9. The minimum absolute atomic E-state index is 0.0586. The first-order valence-electron chi connectivity index (χ1n) is 5.28. The third-order valence-electron chi connectivity index (χ3n) is 2.58. The van der Waals surface area contributed by atoms with Gasteiger partial charge in [-0.15, -0.1) is 4.40 Å². The number of carbonyl (C=O) groups is 1. The van der Waals surface area contributed by atoms with Crippen LogP contribution in [0, 0.1) is 0 Å². The highest BCUT2D eigenvalue weighted by atomic mass is 32.2. The largest absolute Gasteiger partial charge is 0.347 e. The smallest absolute Gasteiger partial charge is 0.285 e. The highest BCUT2D eigenvalue weighted by molar-refractivity contribution is 7.90. The molecule has 0 bridgehead atoms. The predicted octanol–water partition coefficient (Wildman–Crippen LogP) is 0.312. The van der Waals surface area contributed by atoms with Gasteiger partial charge in [0.2, 0.25) is 5.91 Å². The lowest BCUT2D eigenvalue weighted by Gasteiger charge is -2.25. The zero-order chi connectivity index (χ0) is 13.3. The molecule has 0 unspecified atom stereocenters. The molecule has 18 heavy (non-hydrogen) atoms. The van der Waals surface area contributed by atoms with Crippen LogP contribution in [-0.2, 0) is 14.8 Å². The van der Waals surface area contributed by atoms with Crippen LogP contribution < -0.4 is 4.90 Å². The second-order valence-corrected chi connectivity index (χ2v) is 5.68. The van der Waals surface area contributed by atoms with Gasteiger partial charge in [-0.1, -0.05) is 12.1 Å². The third-order valence-corrected chi connectivity index (χ3v) is 3.86. The normalized spacial score (nSPS) is 16.2. The van der Waals surface area contributed by atoms with Crippen LogP contribution in [0.25, 0.3) is 0 Å². The maximum Gasteiger partial charge on any atom is 0.285 e. The van der Waals surface area contributed by atoms with Gasteiger partial charge in [0, 0.05) is 14.1 Å². The Bertz CT molecular complexity index is 608. The van der Waals surface area contributed by atoms with Crippen molar-refractivity contribution in [2.45, 2.75) is 4.90 Å². The van der Waals surface area contributed by atoms with Crippen molar-refractivity contribution >= 4 is 28.0 Å². The van der Waals surface area contributed by atoms with Gasteiger partial charge in [-0.25, -0.2) is 0 Å². The van der Waals surface area contributed by atoms with Crippen molar-refractivity contribution in [1.82, 2.24) is 4.90 Å². The van der Waals surface area contributed by atoms with E-state index in [0.29, 0.717) is 5.69 Å². The molecule has 1 amide bonds. The number of amides is 1. The Morgan fingerprint density at radius 3 is 2.67 bits per heavy atom. The van der Waals surface area contributed by atoms with E-state index >= 15 is 0 Å². The highest BCUT2D eigenvalue weighted by Gasteiger charge is 2.26. The summed E-state index contributed by atoms with van der Waals surface area (Å²) < 4.78 is 26.9. The van der Waals surface area contributed by atoms with Gasteiger partial charge in [-0.3, -0.25) is 4.79 Å². The summed E-state index contributed by atoms with van der Waals surface area (Å²) in [6, 6.07) is 6.49. The lowest BCUT2D eigenvalue weighted by molar-refractivity contribution is -0.127. The van der Waals surface area contributed by atoms with Crippen LogP contribution in [0.4, 0.5) is 5.69 Å². The van der Waals surface area contributed by atoms with Crippen molar-refractivity contribution in [2.75, 3.05) is 25.5 Å². The maximum atomic E-state index is 11.7. The summed E-state index contributed by atoms with van der Waals surface area (Å²) in [6.07, 6.45) is 1.18. The molecule has 2 rings (SSSR count). The summed E-state index contributed by atoms with van der Waals surface area (Å²) in [6.45, 7) is 0.0586. The van der Waals surface area contributed by atoms with Gasteiger partial charge in [-0.2, -0.15) is 8.42 Å².